The summed E-state index contributed by atoms with van der Waals surface area (Å²) in [5, 5.41) is 5.10. The average Bonchev–Trinajstić information content (AvgIpc) is 2.96. The fourth-order valence-electron chi connectivity index (χ4n) is 2.89. The summed E-state index contributed by atoms with van der Waals surface area (Å²) < 4.78 is 1.96. The van der Waals surface area contributed by atoms with Gasteiger partial charge in [0.05, 0.1) is 12.2 Å². The molecule has 1 saturated heterocycles. The molecule has 116 valence electrons. The second-order valence-electron chi connectivity index (χ2n) is 5.69. The van der Waals surface area contributed by atoms with Crippen molar-refractivity contribution in [3.63, 3.8) is 0 Å². The largest absolute Gasteiger partial charge is 0.384 e. The predicted molar refractivity (Wildman–Crippen MR) is 91.8 cm³/mol. The molecule has 1 aliphatic heterocycles. The first kappa shape index (κ1) is 15.1. The molecule has 1 fully saturated rings. The lowest BCUT2D eigenvalue weighted by Gasteiger charge is -2.31. The van der Waals surface area contributed by atoms with Crippen LogP contribution >= 0.6 is 11.6 Å². The summed E-state index contributed by atoms with van der Waals surface area (Å²) in [6.45, 7) is 3.13. The molecule has 0 saturated carbocycles. The zero-order chi connectivity index (χ0) is 15.4. The van der Waals surface area contributed by atoms with Crippen molar-refractivity contribution in [2.45, 2.75) is 18.9 Å². The van der Waals surface area contributed by atoms with Gasteiger partial charge in [0.15, 0.2) is 0 Å². The van der Waals surface area contributed by atoms with Gasteiger partial charge >= 0.3 is 0 Å². The molecule has 5 heteroatoms. The topological polar surface area (TPSA) is 47.1 Å². The minimum absolute atomic E-state index is 0.437. The molecular weight excluding hydrogens is 296 g/mol. The Kier molecular flexibility index (Phi) is 4.80. The standard InChI is InChI=1S/C17H21ClN4/c18-15-5-3-14(4-6-15)2-1-11-21-12-8-16(9-13-21)22-17(19)7-10-20-22/h1-7,10,16H,8-9,11-13,19H2. The van der Waals surface area contributed by atoms with Crippen molar-refractivity contribution >= 4 is 23.5 Å². The van der Waals surface area contributed by atoms with Gasteiger partial charge < -0.3 is 5.73 Å². The maximum absolute atomic E-state index is 5.93. The molecule has 1 aliphatic rings. The van der Waals surface area contributed by atoms with Crippen molar-refractivity contribution < 1.29 is 0 Å². The van der Waals surface area contributed by atoms with Gasteiger partial charge in [-0.2, -0.15) is 5.10 Å². The number of piperidine rings is 1. The first-order valence-electron chi connectivity index (χ1n) is 7.66. The zero-order valence-electron chi connectivity index (χ0n) is 12.5. The average molecular weight is 317 g/mol. The first-order valence-corrected chi connectivity index (χ1v) is 8.03. The molecule has 0 amide bonds. The SMILES string of the molecule is Nc1ccnn1C1CCN(CC=Cc2ccc(Cl)cc2)CC1. The van der Waals surface area contributed by atoms with Crippen LogP contribution in [0.1, 0.15) is 24.4 Å². The van der Waals surface area contributed by atoms with Crippen LogP contribution in [0.4, 0.5) is 5.82 Å². The number of hydrogen-bond acceptors (Lipinski definition) is 3. The van der Waals surface area contributed by atoms with E-state index in [4.69, 9.17) is 17.3 Å². The maximum Gasteiger partial charge on any atom is 0.121 e. The van der Waals surface area contributed by atoms with Gasteiger partial charge in [-0.15, -0.1) is 0 Å². The third-order valence-corrected chi connectivity index (χ3v) is 4.40. The number of rotatable bonds is 4. The third kappa shape index (κ3) is 3.70. The van der Waals surface area contributed by atoms with E-state index in [1.54, 1.807) is 6.20 Å². The fraction of sp³-hybridized carbons (Fsp3) is 0.353. The molecule has 2 aromatic rings. The van der Waals surface area contributed by atoms with E-state index in [1.165, 1.54) is 5.56 Å². The number of benzene rings is 1. The Balaban J connectivity index is 1.48. The third-order valence-electron chi connectivity index (χ3n) is 4.15. The van der Waals surface area contributed by atoms with Crippen molar-refractivity contribution in [1.29, 1.82) is 0 Å². The van der Waals surface area contributed by atoms with Crippen LogP contribution < -0.4 is 5.73 Å². The van der Waals surface area contributed by atoms with Crippen molar-refractivity contribution in [3.8, 4) is 0 Å². The Morgan fingerprint density at radius 1 is 1.18 bits per heavy atom. The Labute approximate surface area is 136 Å². The van der Waals surface area contributed by atoms with Gasteiger partial charge in [-0.3, -0.25) is 4.90 Å². The van der Waals surface area contributed by atoms with E-state index in [9.17, 15) is 0 Å². The van der Waals surface area contributed by atoms with Crippen LogP contribution in [0.3, 0.4) is 0 Å². The van der Waals surface area contributed by atoms with E-state index in [0.29, 0.717) is 6.04 Å². The summed E-state index contributed by atoms with van der Waals surface area (Å²) in [4.78, 5) is 2.46. The Hall–Kier alpha value is -1.78. The second kappa shape index (κ2) is 6.99. The summed E-state index contributed by atoms with van der Waals surface area (Å²) in [5.74, 6) is 0.765. The lowest BCUT2D eigenvalue weighted by atomic mass is 10.1. The summed E-state index contributed by atoms with van der Waals surface area (Å²) in [5.41, 5.74) is 7.11. The highest BCUT2D eigenvalue weighted by molar-refractivity contribution is 6.30. The smallest absolute Gasteiger partial charge is 0.121 e. The molecule has 3 rings (SSSR count). The monoisotopic (exact) mass is 316 g/mol. The predicted octanol–water partition coefficient (Wildman–Crippen LogP) is 3.47. The van der Waals surface area contributed by atoms with Crippen LogP contribution in [0.25, 0.3) is 6.08 Å². The van der Waals surface area contributed by atoms with E-state index < -0.39 is 0 Å². The molecule has 22 heavy (non-hydrogen) atoms. The molecule has 4 nitrogen and oxygen atoms in total. The fourth-order valence-corrected chi connectivity index (χ4v) is 3.01. The number of hydrogen-bond donors (Lipinski definition) is 1. The van der Waals surface area contributed by atoms with Crippen LogP contribution in [-0.2, 0) is 0 Å². The van der Waals surface area contributed by atoms with Gasteiger partial charge in [0.2, 0.25) is 0 Å². The number of halogens is 1. The van der Waals surface area contributed by atoms with Gasteiger partial charge in [-0.05, 0) is 36.6 Å². The highest BCUT2D eigenvalue weighted by Crippen LogP contribution is 2.24. The number of aromatic nitrogens is 2. The highest BCUT2D eigenvalue weighted by atomic mass is 35.5. The quantitative estimate of drug-likeness (QED) is 0.939. The zero-order valence-corrected chi connectivity index (χ0v) is 13.3. The molecular formula is C17H21ClN4. The van der Waals surface area contributed by atoms with Crippen LogP contribution in [0.5, 0.6) is 0 Å². The van der Waals surface area contributed by atoms with Gasteiger partial charge in [0, 0.05) is 24.7 Å². The molecule has 0 unspecified atom stereocenters. The molecule has 0 radical (unpaired) electrons. The number of nitrogen functional groups attached to an aromatic ring is 1. The second-order valence-corrected chi connectivity index (χ2v) is 6.12. The molecule has 0 spiro atoms. The number of nitrogens with zero attached hydrogens (tertiary/aromatic N) is 3. The van der Waals surface area contributed by atoms with E-state index in [0.717, 1.165) is 43.3 Å². The molecule has 2 N–H and O–H groups in total. The van der Waals surface area contributed by atoms with E-state index in [-0.39, 0.29) is 0 Å². The maximum atomic E-state index is 5.93. The summed E-state index contributed by atoms with van der Waals surface area (Å²) in [6, 6.07) is 10.2. The van der Waals surface area contributed by atoms with Crippen LogP contribution in [0.2, 0.25) is 5.02 Å². The Bertz CT molecular complexity index is 624. The Morgan fingerprint density at radius 2 is 1.91 bits per heavy atom. The molecule has 2 heterocycles. The van der Waals surface area contributed by atoms with Gasteiger partial charge in [0.25, 0.3) is 0 Å². The van der Waals surface area contributed by atoms with Crippen molar-refractivity contribution in [2.75, 3.05) is 25.4 Å². The Morgan fingerprint density at radius 3 is 2.55 bits per heavy atom. The van der Waals surface area contributed by atoms with Gasteiger partial charge in [-0.25, -0.2) is 4.68 Å². The van der Waals surface area contributed by atoms with Gasteiger partial charge in [-0.1, -0.05) is 35.9 Å². The molecule has 0 atom stereocenters. The lowest BCUT2D eigenvalue weighted by molar-refractivity contribution is 0.197. The number of likely N-dealkylation sites (tertiary alicyclic amines) is 1. The van der Waals surface area contributed by atoms with Crippen LogP contribution in [0, 0.1) is 0 Å². The minimum atomic E-state index is 0.437. The van der Waals surface area contributed by atoms with Crippen molar-refractivity contribution in [1.82, 2.24) is 14.7 Å². The number of anilines is 1. The minimum Gasteiger partial charge on any atom is -0.384 e. The summed E-state index contributed by atoms with van der Waals surface area (Å²) in [7, 11) is 0. The summed E-state index contributed by atoms with van der Waals surface area (Å²) >= 11 is 5.89. The van der Waals surface area contributed by atoms with Crippen LogP contribution in [0.15, 0.2) is 42.6 Å². The van der Waals surface area contributed by atoms with Crippen molar-refractivity contribution in [3.05, 3.63) is 53.2 Å². The van der Waals surface area contributed by atoms with Gasteiger partial charge in [0.1, 0.15) is 5.82 Å². The molecule has 0 bridgehead atoms. The number of nitrogens with two attached hydrogens (primary N) is 1. The van der Waals surface area contributed by atoms with E-state index >= 15 is 0 Å². The van der Waals surface area contributed by atoms with Crippen LogP contribution in [-0.4, -0.2) is 34.3 Å². The normalized spacial score (nSPS) is 17.3. The highest BCUT2D eigenvalue weighted by Gasteiger charge is 2.21. The molecule has 1 aromatic heterocycles. The molecule has 1 aromatic carbocycles. The molecule has 0 aliphatic carbocycles. The van der Waals surface area contributed by atoms with E-state index in [2.05, 4.69) is 22.2 Å². The van der Waals surface area contributed by atoms with E-state index in [1.807, 2.05) is 35.0 Å². The summed E-state index contributed by atoms with van der Waals surface area (Å²) in [6.07, 6.45) is 8.33. The lowest BCUT2D eigenvalue weighted by Crippen LogP contribution is -2.35. The first-order chi connectivity index (χ1) is 10.7. The van der Waals surface area contributed by atoms with Crippen molar-refractivity contribution in [2.24, 2.45) is 0 Å².